The molecule has 1 aromatic carbocycles. The zero-order chi connectivity index (χ0) is 15.1. The molecule has 0 aliphatic carbocycles. The van der Waals surface area contributed by atoms with Crippen molar-refractivity contribution in [3.05, 3.63) is 35.4 Å². The van der Waals surface area contributed by atoms with Crippen molar-refractivity contribution in [3.63, 3.8) is 0 Å². The number of aliphatic hydroxyl groups excluding tert-OH is 1. The third kappa shape index (κ3) is 4.34. The van der Waals surface area contributed by atoms with Gasteiger partial charge in [0, 0.05) is 30.6 Å². The number of amides is 1. The van der Waals surface area contributed by atoms with Gasteiger partial charge in [0.1, 0.15) is 0 Å². The van der Waals surface area contributed by atoms with Crippen LogP contribution in [0, 0.1) is 17.8 Å². The lowest BCUT2D eigenvalue weighted by atomic mass is 9.95. The van der Waals surface area contributed by atoms with Gasteiger partial charge in [0.2, 0.25) is 0 Å². The van der Waals surface area contributed by atoms with Crippen LogP contribution in [0.25, 0.3) is 0 Å². The fourth-order valence-corrected chi connectivity index (χ4v) is 2.72. The molecule has 21 heavy (non-hydrogen) atoms. The minimum atomic E-state index is 0.0673. The Morgan fingerprint density at radius 3 is 3.10 bits per heavy atom. The van der Waals surface area contributed by atoms with Gasteiger partial charge in [0.05, 0.1) is 6.61 Å². The molecule has 1 unspecified atom stereocenters. The number of nitrogens with zero attached hydrogens (tertiary/aromatic N) is 1. The van der Waals surface area contributed by atoms with Gasteiger partial charge in [-0.3, -0.25) is 4.79 Å². The molecule has 0 saturated carbocycles. The minimum Gasteiger partial charge on any atom is -0.395 e. The number of benzene rings is 1. The van der Waals surface area contributed by atoms with Crippen LogP contribution in [0.2, 0.25) is 0 Å². The van der Waals surface area contributed by atoms with Crippen LogP contribution in [0.1, 0.15) is 48.5 Å². The number of hydrogen-bond acceptors (Lipinski definition) is 2. The third-order valence-corrected chi connectivity index (χ3v) is 3.96. The molecule has 1 aliphatic heterocycles. The Labute approximate surface area is 127 Å². The molecule has 1 fully saturated rings. The maximum absolute atomic E-state index is 12.6. The number of likely N-dealkylation sites (tertiary alicyclic amines) is 1. The number of rotatable bonds is 3. The van der Waals surface area contributed by atoms with Crippen molar-refractivity contribution in [3.8, 4) is 11.8 Å². The summed E-state index contributed by atoms with van der Waals surface area (Å²) in [6, 6.07) is 7.47. The molecule has 3 nitrogen and oxygen atoms in total. The Kier molecular flexibility index (Phi) is 5.83. The maximum atomic E-state index is 12.6. The Bertz CT molecular complexity index is 542. The van der Waals surface area contributed by atoms with Gasteiger partial charge in [-0.15, -0.1) is 0 Å². The lowest BCUT2D eigenvalue weighted by Gasteiger charge is -2.32. The zero-order valence-corrected chi connectivity index (χ0v) is 12.6. The van der Waals surface area contributed by atoms with Crippen LogP contribution in [0.4, 0.5) is 0 Å². The van der Waals surface area contributed by atoms with Gasteiger partial charge >= 0.3 is 0 Å². The summed E-state index contributed by atoms with van der Waals surface area (Å²) in [6.45, 7) is 3.99. The fourth-order valence-electron chi connectivity index (χ4n) is 2.72. The Morgan fingerprint density at radius 1 is 1.48 bits per heavy atom. The van der Waals surface area contributed by atoms with E-state index in [1.165, 1.54) is 6.42 Å². The molecule has 3 heteroatoms. The molecule has 1 heterocycles. The predicted molar refractivity (Wildman–Crippen MR) is 83.9 cm³/mol. The summed E-state index contributed by atoms with van der Waals surface area (Å²) in [5, 5.41) is 8.74. The predicted octanol–water partition coefficient (Wildman–Crippen LogP) is 2.68. The van der Waals surface area contributed by atoms with Crippen molar-refractivity contribution < 1.29 is 9.90 Å². The van der Waals surface area contributed by atoms with Gasteiger partial charge in [-0.1, -0.05) is 31.3 Å². The molecule has 1 atom stereocenters. The van der Waals surface area contributed by atoms with Crippen LogP contribution in [0.15, 0.2) is 24.3 Å². The first-order valence-corrected chi connectivity index (χ1v) is 7.73. The van der Waals surface area contributed by atoms with Crippen molar-refractivity contribution in [1.82, 2.24) is 4.90 Å². The Hall–Kier alpha value is -1.79. The molecule has 1 aliphatic rings. The first-order chi connectivity index (χ1) is 10.2. The normalized spacial score (nSPS) is 18.0. The van der Waals surface area contributed by atoms with Crippen molar-refractivity contribution in [2.45, 2.75) is 32.6 Å². The molecule has 1 aromatic rings. The Morgan fingerprint density at radius 2 is 2.33 bits per heavy atom. The van der Waals surface area contributed by atoms with E-state index in [1.807, 2.05) is 29.2 Å². The fraction of sp³-hybridized carbons (Fsp3) is 0.500. The molecule has 2 rings (SSSR count). The van der Waals surface area contributed by atoms with Crippen LogP contribution in [-0.2, 0) is 0 Å². The smallest absolute Gasteiger partial charge is 0.253 e. The average molecular weight is 285 g/mol. The largest absolute Gasteiger partial charge is 0.395 e. The van der Waals surface area contributed by atoms with Crippen LogP contribution in [0.3, 0.4) is 0 Å². The lowest BCUT2D eigenvalue weighted by Crippen LogP contribution is -2.39. The highest BCUT2D eigenvalue weighted by Crippen LogP contribution is 2.21. The van der Waals surface area contributed by atoms with Crippen molar-refractivity contribution >= 4 is 5.91 Å². The van der Waals surface area contributed by atoms with Crippen molar-refractivity contribution in [2.75, 3.05) is 19.7 Å². The molecule has 1 N–H and O–H groups in total. The number of carbonyl (C=O) groups is 1. The van der Waals surface area contributed by atoms with E-state index in [1.54, 1.807) is 0 Å². The highest BCUT2D eigenvalue weighted by molar-refractivity contribution is 5.94. The molecular formula is C18H23NO2. The summed E-state index contributed by atoms with van der Waals surface area (Å²) < 4.78 is 0. The van der Waals surface area contributed by atoms with Crippen LogP contribution in [-0.4, -0.2) is 35.6 Å². The second-order valence-corrected chi connectivity index (χ2v) is 5.52. The molecule has 0 aromatic heterocycles. The van der Waals surface area contributed by atoms with E-state index < -0.39 is 0 Å². The minimum absolute atomic E-state index is 0.0673. The Balaban J connectivity index is 2.09. The van der Waals surface area contributed by atoms with E-state index in [0.29, 0.717) is 17.9 Å². The van der Waals surface area contributed by atoms with Crippen LogP contribution < -0.4 is 0 Å². The average Bonchev–Trinajstić information content (AvgIpc) is 2.55. The van der Waals surface area contributed by atoms with Gasteiger partial charge in [-0.2, -0.15) is 0 Å². The van der Waals surface area contributed by atoms with E-state index in [-0.39, 0.29) is 12.5 Å². The van der Waals surface area contributed by atoms with E-state index in [2.05, 4.69) is 18.8 Å². The molecule has 0 radical (unpaired) electrons. The molecule has 0 spiro atoms. The van der Waals surface area contributed by atoms with Crippen molar-refractivity contribution in [1.29, 1.82) is 0 Å². The quantitative estimate of drug-likeness (QED) is 0.867. The number of hydrogen-bond donors (Lipinski definition) is 1. The van der Waals surface area contributed by atoms with Gasteiger partial charge in [0.15, 0.2) is 0 Å². The second-order valence-electron chi connectivity index (χ2n) is 5.52. The number of carbonyl (C=O) groups excluding carboxylic acids is 1. The zero-order valence-electron chi connectivity index (χ0n) is 12.6. The topological polar surface area (TPSA) is 40.5 Å². The van der Waals surface area contributed by atoms with Gasteiger partial charge in [-0.25, -0.2) is 0 Å². The number of aliphatic hydroxyl groups is 1. The lowest BCUT2D eigenvalue weighted by molar-refractivity contribution is 0.0671. The van der Waals surface area contributed by atoms with E-state index in [4.69, 9.17) is 5.11 Å². The summed E-state index contributed by atoms with van der Waals surface area (Å²) in [4.78, 5) is 14.6. The second kappa shape index (κ2) is 7.85. The molecule has 0 bridgehead atoms. The van der Waals surface area contributed by atoms with E-state index >= 15 is 0 Å². The first kappa shape index (κ1) is 15.6. The molecule has 1 saturated heterocycles. The third-order valence-electron chi connectivity index (χ3n) is 3.96. The van der Waals surface area contributed by atoms with E-state index in [9.17, 15) is 4.79 Å². The molecular weight excluding hydrogens is 262 g/mol. The molecule has 1 amide bonds. The van der Waals surface area contributed by atoms with Crippen molar-refractivity contribution in [2.24, 2.45) is 5.92 Å². The van der Waals surface area contributed by atoms with Gasteiger partial charge < -0.3 is 10.0 Å². The highest BCUT2D eigenvalue weighted by atomic mass is 16.2. The van der Waals surface area contributed by atoms with Gasteiger partial charge in [0.25, 0.3) is 5.91 Å². The summed E-state index contributed by atoms with van der Waals surface area (Å²) in [6.07, 6.45) is 3.92. The van der Waals surface area contributed by atoms with E-state index in [0.717, 1.165) is 31.5 Å². The summed E-state index contributed by atoms with van der Waals surface area (Å²) in [5.74, 6) is 6.62. The molecule has 112 valence electrons. The van der Waals surface area contributed by atoms with Gasteiger partial charge in [-0.05, 0) is 37.0 Å². The highest BCUT2D eigenvalue weighted by Gasteiger charge is 2.23. The monoisotopic (exact) mass is 285 g/mol. The summed E-state index contributed by atoms with van der Waals surface area (Å²) in [5.41, 5.74) is 1.54. The summed E-state index contributed by atoms with van der Waals surface area (Å²) >= 11 is 0. The number of piperidine rings is 1. The van der Waals surface area contributed by atoms with Crippen LogP contribution >= 0.6 is 0 Å². The SMILES string of the molecule is CCC1CCCN(C(=O)c2cccc(C#CCCO)c2)C1. The first-order valence-electron chi connectivity index (χ1n) is 7.73. The summed E-state index contributed by atoms with van der Waals surface area (Å²) in [7, 11) is 0. The maximum Gasteiger partial charge on any atom is 0.253 e. The van der Waals surface area contributed by atoms with Crippen LogP contribution in [0.5, 0.6) is 0 Å². The standard InChI is InChI=1S/C18H23NO2/c1-2-15-9-6-11-19(14-15)18(21)17-10-5-8-16(13-17)7-3-4-12-20/h5,8,10,13,15,20H,2,4,6,9,11-12,14H2,1H3.